The maximum Gasteiger partial charge on any atom is 0.430 e. The van der Waals surface area contributed by atoms with Gasteiger partial charge in [-0.25, -0.2) is 9.78 Å². The highest BCUT2D eigenvalue weighted by atomic mass is 35.5. The number of nitrogens with zero attached hydrogens (tertiary/aromatic N) is 2. The van der Waals surface area contributed by atoms with E-state index in [4.69, 9.17) is 21.3 Å². The van der Waals surface area contributed by atoms with Crippen LogP contribution in [0.4, 0.5) is 23.7 Å². The molecule has 0 saturated heterocycles. The summed E-state index contributed by atoms with van der Waals surface area (Å²) >= 11 is 5.94. The smallest absolute Gasteiger partial charge is 0.430 e. The van der Waals surface area contributed by atoms with Crippen molar-refractivity contribution in [3.8, 4) is 5.88 Å². The van der Waals surface area contributed by atoms with Gasteiger partial charge in [0.05, 0.1) is 5.56 Å². The minimum atomic E-state index is -4.66. The molecule has 1 amide bonds. The second-order valence-corrected chi connectivity index (χ2v) is 6.92. The molecule has 1 heterocycles. The molecule has 0 radical (unpaired) electrons. The lowest BCUT2D eigenvalue weighted by Gasteiger charge is -2.24. The average molecular weight is 403 g/mol. The number of carbonyl (C=O) groups excluding carboxylic acids is 1. The largest absolute Gasteiger partial charge is 0.471 e. The Bertz CT molecular complexity index is 793. The molecule has 0 unspecified atom stereocenters. The van der Waals surface area contributed by atoms with Crippen LogP contribution in [0.2, 0.25) is 0 Å². The van der Waals surface area contributed by atoms with E-state index < -0.39 is 23.4 Å². The van der Waals surface area contributed by atoms with Crippen LogP contribution in [0.5, 0.6) is 5.88 Å². The number of benzene rings is 1. The van der Waals surface area contributed by atoms with Crippen LogP contribution in [-0.4, -0.2) is 16.7 Å². The maximum atomic E-state index is 13.0. The quantitative estimate of drug-likeness (QED) is 0.627. The zero-order valence-electron chi connectivity index (χ0n) is 14.9. The first-order valence-corrected chi connectivity index (χ1v) is 8.24. The topological polar surface area (TPSA) is 51.7 Å². The van der Waals surface area contributed by atoms with E-state index in [1.165, 1.54) is 0 Å². The molecule has 1 aromatic heterocycles. The fraction of sp³-hybridized carbons (Fsp3) is 0.333. The molecular weight excluding hydrogens is 385 g/mol. The van der Waals surface area contributed by atoms with Crippen molar-refractivity contribution < 1.29 is 27.4 Å². The van der Waals surface area contributed by atoms with Gasteiger partial charge >= 0.3 is 12.3 Å². The molecule has 1 aromatic carbocycles. The minimum absolute atomic E-state index is 0.0330. The van der Waals surface area contributed by atoms with E-state index in [-0.39, 0.29) is 18.2 Å². The second-order valence-electron chi connectivity index (χ2n) is 6.58. The highest BCUT2D eigenvalue weighted by Gasteiger charge is 2.34. The van der Waals surface area contributed by atoms with Gasteiger partial charge in [0.25, 0.3) is 0 Å². The predicted octanol–water partition coefficient (Wildman–Crippen LogP) is 5.57. The molecule has 0 aliphatic heterocycles. The molecule has 0 aliphatic rings. The summed E-state index contributed by atoms with van der Waals surface area (Å²) in [6.07, 6.45) is -5.09. The molecule has 9 heteroatoms. The Morgan fingerprint density at radius 2 is 1.81 bits per heavy atom. The summed E-state index contributed by atoms with van der Waals surface area (Å²) in [6.45, 7) is 4.84. The van der Waals surface area contributed by atoms with E-state index in [1.54, 1.807) is 45.0 Å². The molecule has 0 bridgehead atoms. The Hall–Kier alpha value is -2.48. The highest BCUT2D eigenvalue weighted by Crippen LogP contribution is 2.36. The molecule has 5 nitrogen and oxygen atoms in total. The van der Waals surface area contributed by atoms with Gasteiger partial charge in [-0.3, -0.25) is 0 Å². The molecule has 2 rings (SSSR count). The Kier molecular flexibility index (Phi) is 6.20. The van der Waals surface area contributed by atoms with Crippen molar-refractivity contribution in [2.75, 3.05) is 4.42 Å². The Labute approximate surface area is 159 Å². The predicted molar refractivity (Wildman–Crippen MR) is 94.6 cm³/mol. The first-order valence-electron chi connectivity index (χ1n) is 7.90. The molecule has 2 aromatic rings. The zero-order valence-corrected chi connectivity index (χ0v) is 15.6. The van der Waals surface area contributed by atoms with Crippen LogP contribution in [-0.2, 0) is 17.5 Å². The number of hydrogen-bond donors (Lipinski definition) is 0. The Morgan fingerprint density at radius 1 is 1.19 bits per heavy atom. The van der Waals surface area contributed by atoms with E-state index in [0.717, 1.165) is 5.56 Å². The van der Waals surface area contributed by atoms with Crippen molar-refractivity contribution in [3.63, 3.8) is 0 Å². The first kappa shape index (κ1) is 20.8. The van der Waals surface area contributed by atoms with E-state index in [1.807, 2.05) is 6.07 Å². The summed E-state index contributed by atoms with van der Waals surface area (Å²) in [5.41, 5.74) is -1.55. The molecule has 27 heavy (non-hydrogen) atoms. The summed E-state index contributed by atoms with van der Waals surface area (Å²) in [4.78, 5) is 15.8. The number of halogens is 4. The van der Waals surface area contributed by atoms with Crippen LogP contribution < -0.4 is 9.16 Å². The molecule has 0 saturated carbocycles. The number of hydrogen-bond acceptors (Lipinski definition) is 4. The number of carbonyl (C=O) groups is 1. The number of anilines is 1. The van der Waals surface area contributed by atoms with E-state index >= 15 is 0 Å². The summed E-state index contributed by atoms with van der Waals surface area (Å²) in [5, 5.41) is 0. The van der Waals surface area contributed by atoms with Crippen molar-refractivity contribution in [2.45, 2.75) is 39.2 Å². The van der Waals surface area contributed by atoms with Crippen molar-refractivity contribution in [1.82, 2.24) is 4.98 Å². The van der Waals surface area contributed by atoms with Gasteiger partial charge in [0.2, 0.25) is 5.88 Å². The van der Waals surface area contributed by atoms with Gasteiger partial charge in [0, 0.05) is 18.0 Å². The van der Waals surface area contributed by atoms with Crippen molar-refractivity contribution >= 4 is 23.6 Å². The molecule has 0 fully saturated rings. The molecule has 0 atom stereocenters. The van der Waals surface area contributed by atoms with Crippen LogP contribution in [0.3, 0.4) is 0 Å². The number of rotatable bonds is 4. The number of ether oxygens (including phenoxy) is 2. The zero-order chi connectivity index (χ0) is 20.2. The fourth-order valence-corrected chi connectivity index (χ4v) is 2.13. The third-order valence-electron chi connectivity index (χ3n) is 3.14. The van der Waals surface area contributed by atoms with Crippen LogP contribution >= 0.6 is 11.8 Å². The van der Waals surface area contributed by atoms with Crippen molar-refractivity contribution in [2.24, 2.45) is 0 Å². The van der Waals surface area contributed by atoms with Gasteiger partial charge < -0.3 is 9.47 Å². The fourth-order valence-electron chi connectivity index (χ4n) is 1.97. The summed E-state index contributed by atoms with van der Waals surface area (Å²) in [7, 11) is 0. The number of pyridine rings is 1. The van der Waals surface area contributed by atoms with Gasteiger partial charge in [-0.15, -0.1) is 0 Å². The van der Waals surface area contributed by atoms with Crippen LogP contribution in [0.25, 0.3) is 0 Å². The van der Waals surface area contributed by atoms with Crippen molar-refractivity contribution in [1.29, 1.82) is 0 Å². The molecule has 0 aliphatic carbocycles. The monoisotopic (exact) mass is 402 g/mol. The normalized spacial score (nSPS) is 11.8. The maximum absolute atomic E-state index is 13.0. The Balaban J connectivity index is 2.33. The highest BCUT2D eigenvalue weighted by molar-refractivity contribution is 6.35. The first-order chi connectivity index (χ1) is 12.5. The third-order valence-corrected chi connectivity index (χ3v) is 3.46. The van der Waals surface area contributed by atoms with E-state index in [9.17, 15) is 18.0 Å². The summed E-state index contributed by atoms with van der Waals surface area (Å²) in [5.74, 6) is -0.229. The molecule has 146 valence electrons. The van der Waals surface area contributed by atoms with Gasteiger partial charge in [0.1, 0.15) is 17.9 Å². The van der Waals surface area contributed by atoms with E-state index in [0.29, 0.717) is 16.7 Å². The lowest BCUT2D eigenvalue weighted by molar-refractivity contribution is -0.137. The summed E-state index contributed by atoms with van der Waals surface area (Å²) in [6, 6.07) is 9.62. The van der Waals surface area contributed by atoms with Gasteiger partial charge in [-0.2, -0.15) is 17.6 Å². The molecule has 0 spiro atoms. The number of aromatic nitrogens is 1. The lowest BCUT2D eigenvalue weighted by atomic mass is 10.2. The van der Waals surface area contributed by atoms with Crippen LogP contribution in [0.1, 0.15) is 31.9 Å². The lowest BCUT2D eigenvalue weighted by Crippen LogP contribution is -2.31. The SMILES string of the molecule is CC(C)(C)OC(=O)N(Cl)c1cc(C(F)(F)F)cnc1OCc1ccccc1. The Morgan fingerprint density at radius 3 is 2.37 bits per heavy atom. The molecular formula is C18H18ClF3N2O3. The van der Waals surface area contributed by atoms with Crippen LogP contribution in [0, 0.1) is 0 Å². The number of alkyl halides is 3. The standard InChI is InChI=1S/C18H18ClF3N2O3/c1-17(2,3)27-16(25)24(19)14-9-13(18(20,21)22)10-23-15(14)26-11-12-7-5-4-6-8-12/h4-10H,11H2,1-3H3. The van der Waals surface area contributed by atoms with E-state index in [2.05, 4.69) is 4.98 Å². The minimum Gasteiger partial charge on any atom is -0.471 e. The molecule has 0 N–H and O–H groups in total. The summed E-state index contributed by atoms with van der Waals surface area (Å²) < 4.78 is 50.1. The van der Waals surface area contributed by atoms with Gasteiger partial charge in [0.15, 0.2) is 0 Å². The van der Waals surface area contributed by atoms with Crippen molar-refractivity contribution in [3.05, 3.63) is 53.7 Å². The number of amides is 1. The average Bonchev–Trinajstić information content (AvgIpc) is 2.57. The van der Waals surface area contributed by atoms with Gasteiger partial charge in [-0.05, 0) is 32.4 Å². The van der Waals surface area contributed by atoms with Gasteiger partial charge in [-0.1, -0.05) is 30.3 Å². The third kappa shape index (κ3) is 6.02. The van der Waals surface area contributed by atoms with Crippen LogP contribution in [0.15, 0.2) is 42.6 Å². The second kappa shape index (κ2) is 8.04.